The number of carboxylic acids is 1. The molecule has 2 aliphatic carbocycles. The molecule has 2 saturated heterocycles. The Morgan fingerprint density at radius 3 is 2.32 bits per heavy atom. The van der Waals surface area contributed by atoms with Crippen LogP contribution in [0.3, 0.4) is 0 Å². The number of aromatic nitrogens is 2. The summed E-state index contributed by atoms with van der Waals surface area (Å²) in [5.74, 6) is 0.871. The van der Waals surface area contributed by atoms with E-state index in [-0.39, 0.29) is 30.1 Å². The van der Waals surface area contributed by atoms with Crippen LogP contribution in [0.15, 0.2) is 34.2 Å². The zero-order valence-electron chi connectivity index (χ0n) is 22.4. The molecule has 4 aliphatic rings. The summed E-state index contributed by atoms with van der Waals surface area (Å²) in [6.45, 7) is 0. The van der Waals surface area contributed by atoms with Crippen molar-refractivity contribution in [3.8, 4) is 0 Å². The fourth-order valence-electron chi connectivity index (χ4n) is 8.38. The SMILES string of the molecule is CO/N=C(\CCC(=O)O)c1nc2ccccc2n(C2C[C@H]3CCC[C@@H](C2)N3C2CC3CCC[C@@H](C3)C2)c1=O. The van der Waals surface area contributed by atoms with E-state index in [9.17, 15) is 14.7 Å². The molecule has 38 heavy (non-hydrogen) atoms. The topological polar surface area (TPSA) is 97.0 Å². The van der Waals surface area contributed by atoms with Gasteiger partial charge in [0.05, 0.1) is 17.5 Å². The fourth-order valence-corrected chi connectivity index (χ4v) is 8.38. The van der Waals surface area contributed by atoms with E-state index in [0.717, 1.165) is 35.7 Å². The Kier molecular flexibility index (Phi) is 7.25. The first-order valence-corrected chi connectivity index (χ1v) is 14.6. The molecule has 4 fully saturated rings. The predicted molar refractivity (Wildman–Crippen MR) is 146 cm³/mol. The predicted octanol–water partition coefficient (Wildman–Crippen LogP) is 5.14. The molecule has 4 bridgehead atoms. The maximum atomic E-state index is 14.1. The number of carboxylic acid groups (broad SMARTS) is 1. The van der Waals surface area contributed by atoms with Crippen molar-refractivity contribution >= 4 is 22.7 Å². The van der Waals surface area contributed by atoms with Crippen molar-refractivity contribution < 1.29 is 14.7 Å². The quantitative estimate of drug-likeness (QED) is 0.401. The van der Waals surface area contributed by atoms with E-state index in [1.165, 1.54) is 64.9 Å². The van der Waals surface area contributed by atoms with Crippen LogP contribution in [0.2, 0.25) is 0 Å². The summed E-state index contributed by atoms with van der Waals surface area (Å²) in [5.41, 5.74) is 1.90. The lowest BCUT2D eigenvalue weighted by molar-refractivity contribution is -0.136. The maximum Gasteiger partial charge on any atom is 0.303 e. The number of oxime groups is 1. The first-order valence-electron chi connectivity index (χ1n) is 14.6. The second-order valence-corrected chi connectivity index (χ2v) is 12.1. The molecule has 8 nitrogen and oxygen atoms in total. The Morgan fingerprint density at radius 1 is 0.947 bits per heavy atom. The minimum atomic E-state index is -0.943. The van der Waals surface area contributed by atoms with E-state index in [1.807, 2.05) is 28.8 Å². The third kappa shape index (κ3) is 4.88. The van der Waals surface area contributed by atoms with Gasteiger partial charge in [0.2, 0.25) is 0 Å². The Balaban J connectivity index is 1.35. The highest BCUT2D eigenvalue weighted by atomic mass is 16.6. The van der Waals surface area contributed by atoms with Crippen molar-refractivity contribution in [1.29, 1.82) is 0 Å². The number of fused-ring (bicyclic) bond motifs is 5. The van der Waals surface area contributed by atoms with Crippen molar-refractivity contribution in [1.82, 2.24) is 14.5 Å². The Morgan fingerprint density at radius 2 is 1.63 bits per heavy atom. The minimum absolute atomic E-state index is 0.0899. The molecular formula is C30H40N4O4. The molecule has 2 aromatic rings. The average molecular weight is 521 g/mol. The van der Waals surface area contributed by atoms with Gasteiger partial charge >= 0.3 is 5.97 Å². The summed E-state index contributed by atoms with van der Waals surface area (Å²) in [6.07, 6.45) is 14.0. The molecule has 0 amide bonds. The third-order valence-electron chi connectivity index (χ3n) is 9.74. The third-order valence-corrected chi connectivity index (χ3v) is 9.74. The van der Waals surface area contributed by atoms with Crippen molar-refractivity contribution in [2.75, 3.05) is 7.11 Å². The monoisotopic (exact) mass is 520 g/mol. The van der Waals surface area contributed by atoms with E-state index in [1.54, 1.807) is 0 Å². The van der Waals surface area contributed by atoms with Crippen LogP contribution >= 0.6 is 0 Å². The summed E-state index contributed by atoms with van der Waals surface area (Å²) in [5, 5.41) is 13.3. The Hall–Kier alpha value is -2.74. The minimum Gasteiger partial charge on any atom is -0.481 e. The molecule has 1 N–H and O–H groups in total. The number of hydrogen-bond donors (Lipinski definition) is 1. The second-order valence-electron chi connectivity index (χ2n) is 12.1. The average Bonchev–Trinajstić information content (AvgIpc) is 2.90. The number of nitrogens with zero attached hydrogens (tertiary/aromatic N) is 4. The van der Waals surface area contributed by atoms with E-state index in [4.69, 9.17) is 4.84 Å². The second kappa shape index (κ2) is 10.8. The molecule has 8 heteroatoms. The highest BCUT2D eigenvalue weighted by molar-refractivity contribution is 6.00. The number of carbonyl (C=O) groups is 1. The molecule has 2 aliphatic heterocycles. The van der Waals surface area contributed by atoms with Crippen molar-refractivity contribution in [3.05, 3.63) is 40.3 Å². The van der Waals surface area contributed by atoms with Gasteiger partial charge in [-0.05, 0) is 68.9 Å². The number of benzene rings is 1. The van der Waals surface area contributed by atoms with Gasteiger partial charge in [0.15, 0.2) is 5.69 Å². The van der Waals surface area contributed by atoms with E-state index in [0.29, 0.717) is 23.8 Å². The summed E-state index contributed by atoms with van der Waals surface area (Å²) >= 11 is 0. The number of aliphatic carboxylic acids is 1. The largest absolute Gasteiger partial charge is 0.481 e. The molecular weight excluding hydrogens is 480 g/mol. The Bertz CT molecular complexity index is 1250. The highest BCUT2D eigenvalue weighted by Crippen LogP contribution is 2.47. The van der Waals surface area contributed by atoms with Gasteiger partial charge in [-0.3, -0.25) is 14.5 Å². The summed E-state index contributed by atoms with van der Waals surface area (Å²) in [7, 11) is 1.41. The van der Waals surface area contributed by atoms with Gasteiger partial charge in [0, 0.05) is 30.6 Å². The van der Waals surface area contributed by atoms with Crippen LogP contribution in [0.5, 0.6) is 0 Å². The summed E-state index contributed by atoms with van der Waals surface area (Å²) in [4.78, 5) is 38.0. The van der Waals surface area contributed by atoms with Gasteiger partial charge in [-0.2, -0.15) is 0 Å². The van der Waals surface area contributed by atoms with E-state index >= 15 is 0 Å². The van der Waals surface area contributed by atoms with Gasteiger partial charge in [-0.1, -0.05) is 43.0 Å². The zero-order chi connectivity index (χ0) is 26.2. The summed E-state index contributed by atoms with van der Waals surface area (Å²) in [6, 6.07) is 9.62. The number of hydrogen-bond acceptors (Lipinski definition) is 6. The normalized spacial score (nSPS) is 31.8. The number of rotatable bonds is 7. The molecule has 6 atom stereocenters. The first-order chi connectivity index (χ1) is 18.5. The van der Waals surface area contributed by atoms with Crippen LogP contribution in [0.4, 0.5) is 0 Å². The van der Waals surface area contributed by atoms with Crippen LogP contribution in [-0.2, 0) is 9.63 Å². The van der Waals surface area contributed by atoms with Crippen LogP contribution in [0, 0.1) is 11.8 Å². The highest BCUT2D eigenvalue weighted by Gasteiger charge is 2.45. The van der Waals surface area contributed by atoms with Crippen LogP contribution in [-0.4, -0.2) is 56.5 Å². The molecule has 2 saturated carbocycles. The van der Waals surface area contributed by atoms with Crippen molar-refractivity contribution in [2.45, 2.75) is 108 Å². The van der Waals surface area contributed by atoms with Gasteiger partial charge in [-0.25, -0.2) is 4.98 Å². The smallest absolute Gasteiger partial charge is 0.303 e. The lowest BCUT2D eigenvalue weighted by Gasteiger charge is -2.55. The summed E-state index contributed by atoms with van der Waals surface area (Å²) < 4.78 is 1.96. The number of para-hydroxylation sites is 2. The van der Waals surface area contributed by atoms with Gasteiger partial charge in [0.25, 0.3) is 5.56 Å². The fraction of sp³-hybridized carbons (Fsp3) is 0.667. The molecule has 0 spiro atoms. The maximum absolute atomic E-state index is 14.1. The lowest BCUT2D eigenvalue weighted by atomic mass is 9.68. The van der Waals surface area contributed by atoms with E-state index < -0.39 is 5.97 Å². The van der Waals surface area contributed by atoms with Gasteiger partial charge in [0.1, 0.15) is 12.8 Å². The molecule has 204 valence electrons. The molecule has 3 unspecified atom stereocenters. The van der Waals surface area contributed by atoms with Crippen molar-refractivity contribution in [2.24, 2.45) is 17.0 Å². The van der Waals surface area contributed by atoms with Crippen LogP contribution in [0.25, 0.3) is 11.0 Å². The van der Waals surface area contributed by atoms with Crippen LogP contribution < -0.4 is 5.56 Å². The molecule has 3 heterocycles. The first kappa shape index (κ1) is 25.5. The van der Waals surface area contributed by atoms with Crippen molar-refractivity contribution in [3.63, 3.8) is 0 Å². The Labute approximate surface area is 224 Å². The lowest BCUT2D eigenvalue weighted by Crippen LogP contribution is -2.58. The van der Waals surface area contributed by atoms with Gasteiger partial charge < -0.3 is 14.5 Å². The van der Waals surface area contributed by atoms with E-state index in [2.05, 4.69) is 15.0 Å². The molecule has 1 aromatic carbocycles. The van der Waals surface area contributed by atoms with Crippen LogP contribution in [0.1, 0.15) is 95.2 Å². The molecule has 1 aromatic heterocycles. The van der Waals surface area contributed by atoms with Gasteiger partial charge in [-0.15, -0.1) is 0 Å². The standard InChI is InChI=1S/C30H40N4O4/c1-38-32-26(12-13-28(35)36)29-30(37)34(27-11-3-2-10-25(27)31-29)24-17-21-8-5-9-22(18-24)33(21)23-15-19-6-4-7-20(14-19)16-23/h2-3,10-11,19-24H,4-9,12-18H2,1H3,(H,35,36)/b32-26+/t19-,20?,21-,22+,23?,24?/m0/s1. The zero-order valence-corrected chi connectivity index (χ0v) is 22.4. The number of piperidine rings is 2. The molecule has 6 rings (SSSR count). The molecule has 0 radical (unpaired) electrons.